The Morgan fingerprint density at radius 2 is 1.80 bits per heavy atom. The molecule has 0 spiro atoms. The van der Waals surface area contributed by atoms with Crippen LogP contribution in [0, 0.1) is 0 Å². The van der Waals surface area contributed by atoms with Crippen LogP contribution in [-0.2, 0) is 15.2 Å². The number of hydrogen-bond donors (Lipinski definition) is 3. The van der Waals surface area contributed by atoms with E-state index in [1.54, 1.807) is 24.3 Å². The van der Waals surface area contributed by atoms with Gasteiger partial charge < -0.3 is 20.2 Å². The Morgan fingerprint density at radius 1 is 1.04 bits per heavy atom. The molecule has 0 fully saturated rings. The molecule has 0 aliphatic rings. The lowest BCUT2D eigenvalue weighted by atomic mass is 10.0. The highest BCUT2D eigenvalue weighted by molar-refractivity contribution is 6.39. The van der Waals surface area contributed by atoms with Gasteiger partial charge in [-0.15, -0.1) is 0 Å². The maximum atomic E-state index is 12.0. The first-order valence-corrected chi connectivity index (χ1v) is 7.80. The maximum Gasteiger partial charge on any atom is 0.313 e. The quantitative estimate of drug-likeness (QED) is 0.637. The molecule has 2 aromatic carbocycles. The zero-order valence-electron chi connectivity index (χ0n) is 13.7. The third-order valence-electron chi connectivity index (χ3n) is 3.86. The average Bonchev–Trinajstić information content (AvgIpc) is 3.15. The van der Waals surface area contributed by atoms with Crippen molar-refractivity contribution in [1.82, 2.24) is 5.32 Å². The first-order chi connectivity index (χ1) is 12.0. The zero-order chi connectivity index (χ0) is 17.9. The predicted molar refractivity (Wildman–Crippen MR) is 93.9 cm³/mol. The Kier molecular flexibility index (Phi) is 4.54. The number of carbonyl (C=O) groups is 2. The summed E-state index contributed by atoms with van der Waals surface area (Å²) in [6.45, 7) is 1.35. The summed E-state index contributed by atoms with van der Waals surface area (Å²) < 4.78 is 5.13. The number of benzene rings is 2. The normalized spacial score (nSPS) is 13.2. The Balaban J connectivity index is 1.61. The minimum atomic E-state index is -1.40. The number of amides is 2. The van der Waals surface area contributed by atoms with Crippen LogP contribution in [0.1, 0.15) is 12.7 Å². The highest BCUT2D eigenvalue weighted by atomic mass is 16.4. The van der Waals surface area contributed by atoms with Gasteiger partial charge in [0.2, 0.25) is 0 Å². The fraction of sp³-hybridized carbons (Fsp3) is 0.158. The van der Waals surface area contributed by atoms with E-state index < -0.39 is 17.4 Å². The SMILES string of the molecule is CC(O)(CNC(=O)C(=O)Nc1ccc2ccccc2c1)c1ccco1. The summed E-state index contributed by atoms with van der Waals surface area (Å²) in [5.74, 6) is -1.33. The minimum absolute atomic E-state index is 0.148. The smallest absolute Gasteiger partial charge is 0.313 e. The van der Waals surface area contributed by atoms with Crippen molar-refractivity contribution in [2.75, 3.05) is 11.9 Å². The topological polar surface area (TPSA) is 91.6 Å². The monoisotopic (exact) mass is 338 g/mol. The van der Waals surface area contributed by atoms with Crippen molar-refractivity contribution in [3.05, 3.63) is 66.6 Å². The third kappa shape index (κ3) is 3.87. The largest absolute Gasteiger partial charge is 0.466 e. The van der Waals surface area contributed by atoms with Crippen molar-refractivity contribution >= 4 is 28.3 Å². The van der Waals surface area contributed by atoms with Crippen LogP contribution in [0.3, 0.4) is 0 Å². The lowest BCUT2D eigenvalue weighted by Gasteiger charge is -2.20. The Morgan fingerprint density at radius 3 is 2.52 bits per heavy atom. The maximum absolute atomic E-state index is 12.0. The lowest BCUT2D eigenvalue weighted by Crippen LogP contribution is -2.43. The summed E-state index contributed by atoms with van der Waals surface area (Å²) in [6, 6.07) is 16.3. The number of aliphatic hydroxyl groups is 1. The van der Waals surface area contributed by atoms with Gasteiger partial charge in [-0.2, -0.15) is 0 Å². The Labute approximate surface area is 144 Å². The number of nitrogens with one attached hydrogen (secondary N) is 2. The second-order valence-corrected chi connectivity index (χ2v) is 5.95. The first kappa shape index (κ1) is 16.7. The molecule has 6 nitrogen and oxygen atoms in total. The molecule has 128 valence electrons. The van der Waals surface area contributed by atoms with Crippen LogP contribution in [0.4, 0.5) is 5.69 Å². The number of rotatable bonds is 4. The highest BCUT2D eigenvalue weighted by Crippen LogP contribution is 2.20. The van der Waals surface area contributed by atoms with Crippen LogP contribution in [0.2, 0.25) is 0 Å². The van der Waals surface area contributed by atoms with E-state index in [4.69, 9.17) is 4.42 Å². The number of fused-ring (bicyclic) bond motifs is 1. The van der Waals surface area contributed by atoms with Crippen LogP contribution < -0.4 is 10.6 Å². The molecule has 0 saturated heterocycles. The van der Waals surface area contributed by atoms with Gasteiger partial charge in [0, 0.05) is 5.69 Å². The van der Waals surface area contributed by atoms with Crippen LogP contribution in [-0.4, -0.2) is 23.5 Å². The van der Waals surface area contributed by atoms with E-state index in [9.17, 15) is 14.7 Å². The summed E-state index contributed by atoms with van der Waals surface area (Å²) in [7, 11) is 0. The van der Waals surface area contributed by atoms with Crippen molar-refractivity contribution in [1.29, 1.82) is 0 Å². The van der Waals surface area contributed by atoms with Crippen molar-refractivity contribution in [2.45, 2.75) is 12.5 Å². The van der Waals surface area contributed by atoms with E-state index >= 15 is 0 Å². The molecule has 0 saturated carbocycles. The summed E-state index contributed by atoms with van der Waals surface area (Å²) in [5, 5.41) is 17.2. The van der Waals surface area contributed by atoms with Gasteiger partial charge in [-0.1, -0.05) is 30.3 Å². The van der Waals surface area contributed by atoms with Gasteiger partial charge in [-0.25, -0.2) is 0 Å². The summed E-state index contributed by atoms with van der Waals surface area (Å²) in [4.78, 5) is 24.0. The van der Waals surface area contributed by atoms with Crippen LogP contribution in [0.5, 0.6) is 0 Å². The van der Waals surface area contributed by atoms with Gasteiger partial charge in [-0.05, 0) is 42.0 Å². The molecule has 0 radical (unpaired) electrons. The summed E-state index contributed by atoms with van der Waals surface area (Å²) >= 11 is 0. The molecule has 1 heterocycles. The molecule has 0 aliphatic carbocycles. The molecule has 0 bridgehead atoms. The van der Waals surface area contributed by atoms with E-state index in [-0.39, 0.29) is 6.54 Å². The number of furan rings is 1. The third-order valence-corrected chi connectivity index (χ3v) is 3.86. The van der Waals surface area contributed by atoms with Crippen molar-refractivity contribution in [3.8, 4) is 0 Å². The second kappa shape index (κ2) is 6.78. The molecule has 1 unspecified atom stereocenters. The van der Waals surface area contributed by atoms with Crippen molar-refractivity contribution in [3.63, 3.8) is 0 Å². The lowest BCUT2D eigenvalue weighted by molar-refractivity contribution is -0.136. The predicted octanol–water partition coefficient (Wildman–Crippen LogP) is 2.40. The van der Waals surface area contributed by atoms with Gasteiger partial charge in [-0.3, -0.25) is 9.59 Å². The van der Waals surface area contributed by atoms with E-state index in [2.05, 4.69) is 10.6 Å². The van der Waals surface area contributed by atoms with E-state index in [0.717, 1.165) is 10.8 Å². The highest BCUT2D eigenvalue weighted by Gasteiger charge is 2.28. The molecule has 3 aromatic rings. The molecule has 3 rings (SSSR count). The second-order valence-electron chi connectivity index (χ2n) is 5.95. The summed E-state index contributed by atoms with van der Waals surface area (Å²) in [6.07, 6.45) is 1.43. The van der Waals surface area contributed by atoms with Crippen molar-refractivity contribution in [2.24, 2.45) is 0 Å². The Hall–Kier alpha value is -3.12. The number of hydrogen-bond acceptors (Lipinski definition) is 4. The van der Waals surface area contributed by atoms with Gasteiger partial charge in [0.15, 0.2) is 0 Å². The molecule has 3 N–H and O–H groups in total. The van der Waals surface area contributed by atoms with Gasteiger partial charge in [0.25, 0.3) is 0 Å². The summed E-state index contributed by atoms with van der Waals surface area (Å²) in [5.41, 5.74) is -0.876. The average molecular weight is 338 g/mol. The zero-order valence-corrected chi connectivity index (χ0v) is 13.7. The molecule has 0 aliphatic heterocycles. The molecule has 6 heteroatoms. The Bertz CT molecular complexity index is 901. The number of carbonyl (C=O) groups excluding carboxylic acids is 2. The van der Waals surface area contributed by atoms with E-state index in [1.807, 2.05) is 30.3 Å². The van der Waals surface area contributed by atoms with Gasteiger partial charge in [0.1, 0.15) is 11.4 Å². The van der Waals surface area contributed by atoms with Crippen LogP contribution >= 0.6 is 0 Å². The molecular weight excluding hydrogens is 320 g/mol. The van der Waals surface area contributed by atoms with Crippen LogP contribution in [0.15, 0.2) is 65.3 Å². The van der Waals surface area contributed by atoms with E-state index in [1.165, 1.54) is 13.2 Å². The fourth-order valence-electron chi connectivity index (χ4n) is 2.46. The molecular formula is C19H18N2O4. The standard InChI is InChI=1S/C19H18N2O4/c1-19(24,16-7-4-10-25-16)12-20-17(22)18(23)21-15-9-8-13-5-2-3-6-14(13)11-15/h2-11,24H,12H2,1H3,(H,20,22)(H,21,23). The fourth-order valence-corrected chi connectivity index (χ4v) is 2.46. The minimum Gasteiger partial charge on any atom is -0.466 e. The van der Waals surface area contributed by atoms with Gasteiger partial charge >= 0.3 is 11.8 Å². The molecule has 25 heavy (non-hydrogen) atoms. The van der Waals surface area contributed by atoms with Crippen LogP contribution in [0.25, 0.3) is 10.8 Å². The molecule has 1 atom stereocenters. The van der Waals surface area contributed by atoms with E-state index in [0.29, 0.717) is 11.4 Å². The van der Waals surface area contributed by atoms with Gasteiger partial charge in [0.05, 0.1) is 12.8 Å². The molecule has 2 amide bonds. The first-order valence-electron chi connectivity index (χ1n) is 7.80. The number of anilines is 1. The van der Waals surface area contributed by atoms with Crippen molar-refractivity contribution < 1.29 is 19.1 Å². The molecule has 1 aromatic heterocycles.